The number of hydrogen-bond acceptors (Lipinski definition) is 6. The quantitative estimate of drug-likeness (QED) is 0.0889. The fourth-order valence-corrected chi connectivity index (χ4v) is 8.94. The molecule has 0 fully saturated rings. The van der Waals surface area contributed by atoms with Gasteiger partial charge >= 0.3 is 15.6 Å². The highest BCUT2D eigenvalue weighted by atomic mass is 32.2. The first kappa shape index (κ1) is 52.9. The minimum absolute atomic E-state index is 0.0665. The van der Waals surface area contributed by atoms with Crippen molar-refractivity contribution in [3.05, 3.63) is 128 Å². The molecule has 0 aliphatic rings. The van der Waals surface area contributed by atoms with Gasteiger partial charge in [-0.15, -0.1) is 0 Å². The molecular weight excluding hydrogens is 822 g/mol. The van der Waals surface area contributed by atoms with Gasteiger partial charge in [-0.05, 0) is 134 Å². The molecule has 4 rings (SSSR count). The topological polar surface area (TPSA) is 97.7 Å². The number of phenolic OH excluding ortho intramolecular Hbond substituents is 1. The van der Waals surface area contributed by atoms with Gasteiger partial charge in [-0.1, -0.05) is 130 Å². The van der Waals surface area contributed by atoms with Crippen LogP contribution in [0.5, 0.6) is 11.5 Å². The van der Waals surface area contributed by atoms with Crippen LogP contribution in [0.3, 0.4) is 0 Å². The number of phenols is 1. The molecule has 0 saturated heterocycles. The van der Waals surface area contributed by atoms with E-state index in [0.717, 1.165) is 59.9 Å². The lowest BCUT2D eigenvalue weighted by molar-refractivity contribution is -0.126. The van der Waals surface area contributed by atoms with Crippen molar-refractivity contribution in [2.75, 3.05) is 0 Å². The van der Waals surface area contributed by atoms with Gasteiger partial charge in [0.2, 0.25) is 0 Å². The number of carbonyl (C=O) groups excluding carboxylic acids is 2. The van der Waals surface area contributed by atoms with E-state index in [-0.39, 0.29) is 27.8 Å². The second-order valence-electron chi connectivity index (χ2n) is 19.2. The van der Waals surface area contributed by atoms with Crippen molar-refractivity contribution in [2.45, 2.75) is 165 Å². The molecule has 1 N–H and O–H groups in total. The number of hydrogen-bond donors (Lipinski definition) is 1. The van der Waals surface area contributed by atoms with Gasteiger partial charge in [-0.25, -0.2) is 0 Å². The first-order valence-electron chi connectivity index (χ1n) is 22.2. The lowest BCUT2D eigenvalue weighted by Gasteiger charge is -2.34. The van der Waals surface area contributed by atoms with Crippen molar-refractivity contribution in [1.29, 1.82) is 0 Å². The largest absolute Gasteiger partial charge is 0.534 e. The Morgan fingerprint density at radius 1 is 0.540 bits per heavy atom. The van der Waals surface area contributed by atoms with E-state index in [9.17, 15) is 36.3 Å². The Bertz CT molecular complexity index is 2340. The normalized spacial score (nSPS) is 12.7. The number of aromatic hydroxyl groups is 1. The molecule has 0 aromatic heterocycles. The third-order valence-corrected chi connectivity index (χ3v) is 14.0. The van der Waals surface area contributed by atoms with Crippen molar-refractivity contribution in [1.82, 2.24) is 0 Å². The number of Topliss-reactive ketones (excluding diaryl/α,β-unsaturated/α-hetero) is 2. The zero-order valence-corrected chi connectivity index (χ0v) is 40.9. The Morgan fingerprint density at radius 3 is 1.17 bits per heavy atom. The molecule has 4 aromatic rings. The van der Waals surface area contributed by atoms with E-state index in [0.29, 0.717) is 36.4 Å². The van der Waals surface area contributed by atoms with Crippen molar-refractivity contribution in [3.8, 4) is 11.5 Å². The number of alkyl halides is 3. The maximum absolute atomic E-state index is 12.7. The molecule has 0 aliphatic carbocycles. The van der Waals surface area contributed by atoms with E-state index in [1.165, 1.54) is 35.2 Å². The summed E-state index contributed by atoms with van der Waals surface area (Å²) in [6, 6.07) is 23.5. The van der Waals surface area contributed by atoms with Gasteiger partial charge in [-0.2, -0.15) is 21.6 Å². The first-order chi connectivity index (χ1) is 29.0. The molecule has 63 heavy (non-hydrogen) atoms. The summed E-state index contributed by atoms with van der Waals surface area (Å²) in [4.78, 5) is 24.6. The third kappa shape index (κ3) is 12.4. The first-order valence-corrected chi connectivity index (χ1v) is 23.6. The average molecular weight is 893 g/mol. The second kappa shape index (κ2) is 20.6. The number of halogens is 3. The van der Waals surface area contributed by atoms with Crippen molar-refractivity contribution in [3.63, 3.8) is 0 Å². The summed E-state index contributed by atoms with van der Waals surface area (Å²) in [7, 11) is -5.74. The third-order valence-electron chi connectivity index (χ3n) is 13.1. The molecular formula is C53H71F3O6S. The average Bonchev–Trinajstić information content (AvgIpc) is 3.19. The van der Waals surface area contributed by atoms with E-state index in [2.05, 4.69) is 61.4 Å². The predicted molar refractivity (Wildman–Crippen MR) is 250 cm³/mol. The zero-order chi connectivity index (χ0) is 47.9. The molecule has 0 amide bonds. The van der Waals surface area contributed by atoms with Crippen molar-refractivity contribution < 1.29 is 40.5 Å². The highest BCUT2D eigenvalue weighted by Gasteiger charge is 2.49. The summed E-state index contributed by atoms with van der Waals surface area (Å²) < 4.78 is 65.5. The Hall–Kier alpha value is -4.44. The van der Waals surface area contributed by atoms with Gasteiger partial charge in [0.25, 0.3) is 0 Å². The van der Waals surface area contributed by atoms with E-state index in [4.69, 9.17) is 0 Å². The molecule has 0 atom stereocenters. The summed E-state index contributed by atoms with van der Waals surface area (Å²) in [6.45, 7) is 27.9. The van der Waals surface area contributed by atoms with Gasteiger partial charge in [0.1, 0.15) is 23.1 Å². The van der Waals surface area contributed by atoms with E-state index >= 15 is 0 Å². The summed E-state index contributed by atoms with van der Waals surface area (Å²) in [6.07, 6.45) is 5.96. The standard InChI is InChI=1S/C27H35F3O4S.C26H36O2/c1-8-26(9-2,21-12-10-20(18(3)16-21)11-15-24(31)25(5,6)7)22-13-14-23(19(4)17-22)34-35(32,33)27(28,29)30;1-8-26(9-2,22-13-14-23(27)19(4)17-22)21-12-10-20(18(3)16-21)11-15-24(28)25(5,6)7/h10,12-14,16-17H,8-9,11,15H2,1-7H3;10,12-14,16-17,27H,8-9,11,15H2,1-7H3. The predicted octanol–water partition coefficient (Wildman–Crippen LogP) is 13.8. The molecule has 4 aromatic carbocycles. The monoisotopic (exact) mass is 892 g/mol. The number of aryl methyl sites for hydroxylation is 6. The minimum Gasteiger partial charge on any atom is -0.508 e. The van der Waals surface area contributed by atoms with Crippen LogP contribution in [0.15, 0.2) is 72.8 Å². The zero-order valence-electron chi connectivity index (χ0n) is 40.1. The van der Waals surface area contributed by atoms with Crippen LogP contribution in [0.1, 0.15) is 163 Å². The van der Waals surface area contributed by atoms with Crippen LogP contribution in [0.2, 0.25) is 0 Å². The Morgan fingerprint density at radius 2 is 0.873 bits per heavy atom. The van der Waals surface area contributed by atoms with Crippen LogP contribution >= 0.6 is 0 Å². The van der Waals surface area contributed by atoms with Crippen LogP contribution < -0.4 is 4.18 Å². The molecule has 6 nitrogen and oxygen atoms in total. The second-order valence-corrected chi connectivity index (χ2v) is 20.7. The SMILES string of the molecule is CCC(CC)(c1ccc(CCC(=O)C(C)(C)C)c(C)c1)c1ccc(OS(=O)(=O)C(F)(F)F)c(C)c1.CCC(CC)(c1ccc(O)c(C)c1)c1ccc(CCC(=O)C(C)(C)C)c(C)c1. The van der Waals surface area contributed by atoms with Gasteiger partial charge < -0.3 is 9.29 Å². The molecule has 0 spiro atoms. The smallest absolute Gasteiger partial charge is 0.508 e. The molecule has 346 valence electrons. The number of ketones is 2. The lowest BCUT2D eigenvalue weighted by Crippen LogP contribution is -2.29. The molecule has 10 heteroatoms. The maximum atomic E-state index is 12.7. The van der Waals surface area contributed by atoms with E-state index in [1.54, 1.807) is 12.1 Å². The van der Waals surface area contributed by atoms with Crippen LogP contribution in [0, 0.1) is 38.5 Å². The number of rotatable bonds is 16. The molecule has 0 bridgehead atoms. The van der Waals surface area contributed by atoms with Crippen LogP contribution in [-0.4, -0.2) is 30.6 Å². The van der Waals surface area contributed by atoms with Crippen molar-refractivity contribution in [2.24, 2.45) is 10.8 Å². The maximum Gasteiger partial charge on any atom is 0.534 e. The molecule has 0 radical (unpaired) electrons. The molecule has 0 saturated carbocycles. The fraction of sp³-hybridized carbons (Fsp3) is 0.509. The van der Waals surface area contributed by atoms with Crippen molar-refractivity contribution >= 4 is 21.7 Å². The Labute approximate surface area is 376 Å². The molecule has 0 aliphatic heterocycles. The summed E-state index contributed by atoms with van der Waals surface area (Å²) in [5.41, 5.74) is 3.75. The van der Waals surface area contributed by atoms with E-state index in [1.807, 2.05) is 87.4 Å². The highest BCUT2D eigenvalue weighted by molar-refractivity contribution is 7.88. The van der Waals surface area contributed by atoms with Gasteiger partial charge in [0, 0.05) is 34.5 Å². The summed E-state index contributed by atoms with van der Waals surface area (Å²) in [5, 5.41) is 9.94. The van der Waals surface area contributed by atoms with E-state index < -0.39 is 21.0 Å². The Balaban J connectivity index is 0.000000344. The molecule has 0 unspecified atom stereocenters. The number of benzene rings is 4. The van der Waals surface area contributed by atoms with Gasteiger partial charge in [-0.3, -0.25) is 9.59 Å². The summed E-state index contributed by atoms with van der Waals surface area (Å²) >= 11 is 0. The van der Waals surface area contributed by atoms with Gasteiger partial charge in [0.15, 0.2) is 0 Å². The van der Waals surface area contributed by atoms with Crippen LogP contribution in [-0.2, 0) is 43.4 Å². The number of carbonyl (C=O) groups is 2. The van der Waals surface area contributed by atoms with Crippen LogP contribution in [0.25, 0.3) is 0 Å². The summed E-state index contributed by atoms with van der Waals surface area (Å²) in [5.74, 6) is 0.525. The van der Waals surface area contributed by atoms with Gasteiger partial charge in [0.05, 0.1) is 0 Å². The Kier molecular flexibility index (Phi) is 17.3. The fourth-order valence-electron chi connectivity index (χ4n) is 8.42. The van der Waals surface area contributed by atoms with Crippen LogP contribution in [0.4, 0.5) is 13.2 Å². The lowest BCUT2D eigenvalue weighted by atomic mass is 9.69. The molecule has 0 heterocycles. The minimum atomic E-state index is -5.74. The highest BCUT2D eigenvalue weighted by Crippen LogP contribution is 2.43.